The van der Waals surface area contributed by atoms with E-state index in [9.17, 15) is 13.2 Å². The summed E-state index contributed by atoms with van der Waals surface area (Å²) in [5.41, 5.74) is -4.42. The number of hydrogen-bond donors (Lipinski definition) is 0. The maximum Gasteiger partial charge on any atom is 1.00 e. The van der Waals surface area contributed by atoms with Gasteiger partial charge in [-0.1, -0.05) is 0 Å². The van der Waals surface area contributed by atoms with Gasteiger partial charge in [0.1, 0.15) is 0 Å². The second-order valence-corrected chi connectivity index (χ2v) is 0.909. The Morgan fingerprint density at radius 1 is 1.00 bits per heavy atom. The molecule has 0 amide bonds. The predicted molar refractivity (Wildman–Crippen MR) is 24.0 cm³/mol. The van der Waals surface area contributed by atoms with Crippen LogP contribution in [0.3, 0.4) is 0 Å². The Balaban J connectivity index is -0.0000000267. The van der Waals surface area contributed by atoms with Crippen molar-refractivity contribution in [1.82, 2.24) is 0 Å². The maximum atomic E-state index is 10.2. The summed E-state index contributed by atoms with van der Waals surface area (Å²) in [4.78, 5) is 0. The molecule has 4 N–H and O–H groups in total. The standard InChI is InChI=1S/CHF3S.Cu.2H2N/c2-1(3,4)5;;;/h5H;;2*1H2/q;+1;2*-1/p-1. The van der Waals surface area contributed by atoms with E-state index in [1.165, 1.54) is 0 Å². The SMILES string of the molecule is FC(F)(F)[S-].[Cu+].[NH2-].[NH2-]. The maximum absolute atomic E-state index is 10.2. The summed E-state index contributed by atoms with van der Waals surface area (Å²) in [5, 5.41) is 0. The van der Waals surface area contributed by atoms with Gasteiger partial charge in [-0.25, -0.2) is 0 Å². The monoisotopic (exact) mass is 196 g/mol. The van der Waals surface area contributed by atoms with Gasteiger partial charge >= 0.3 is 17.1 Å². The van der Waals surface area contributed by atoms with E-state index in [0.717, 1.165) is 0 Å². The van der Waals surface area contributed by atoms with Gasteiger partial charge in [0.2, 0.25) is 0 Å². The fraction of sp³-hybridized carbons (Fsp3) is 1.00. The molecule has 0 unspecified atom stereocenters. The molecule has 0 aliphatic carbocycles. The summed E-state index contributed by atoms with van der Waals surface area (Å²) in [5.74, 6) is 0. The van der Waals surface area contributed by atoms with Crippen molar-refractivity contribution in [3.8, 4) is 0 Å². The molecule has 0 rings (SSSR count). The molecule has 0 fully saturated rings. The molecule has 0 heterocycles. The Bertz CT molecular complexity index is 32.8. The third-order valence-corrected chi connectivity index (χ3v) is 0. The quantitative estimate of drug-likeness (QED) is 0.434. The number of alkyl halides is 3. The number of rotatable bonds is 0. The zero-order chi connectivity index (χ0) is 4.50. The van der Waals surface area contributed by atoms with Gasteiger partial charge in [0.15, 0.2) is 0 Å². The van der Waals surface area contributed by atoms with Crippen molar-refractivity contribution in [3.05, 3.63) is 12.3 Å². The average molecular weight is 197 g/mol. The largest absolute Gasteiger partial charge is 1.00 e. The van der Waals surface area contributed by atoms with Crippen LogP contribution in [0.1, 0.15) is 0 Å². The van der Waals surface area contributed by atoms with Gasteiger partial charge in [-0.2, -0.15) is 13.2 Å². The van der Waals surface area contributed by atoms with E-state index in [1.807, 2.05) is 0 Å². The van der Waals surface area contributed by atoms with Gasteiger partial charge in [0.25, 0.3) is 5.51 Å². The number of hydrogen-bond acceptors (Lipinski definition) is 1. The molecule has 7 heteroatoms. The van der Waals surface area contributed by atoms with Crippen molar-refractivity contribution in [2.75, 3.05) is 0 Å². The van der Waals surface area contributed by atoms with E-state index >= 15 is 0 Å². The van der Waals surface area contributed by atoms with Crippen LogP contribution in [0.5, 0.6) is 0 Å². The van der Waals surface area contributed by atoms with E-state index in [1.54, 1.807) is 0 Å². The van der Waals surface area contributed by atoms with Crippen LogP contribution in [0.15, 0.2) is 0 Å². The summed E-state index contributed by atoms with van der Waals surface area (Å²) in [6, 6.07) is 0. The third-order valence-electron chi connectivity index (χ3n) is 0. The van der Waals surface area contributed by atoms with Crippen LogP contribution in [-0.4, -0.2) is 5.51 Å². The fourth-order valence-electron chi connectivity index (χ4n) is 0. The fourth-order valence-corrected chi connectivity index (χ4v) is 0. The van der Waals surface area contributed by atoms with Crippen LogP contribution in [-0.2, 0) is 29.7 Å². The molecule has 2 nitrogen and oxygen atoms in total. The Kier molecular flexibility index (Phi) is 22.3. The minimum absolute atomic E-state index is 0. The van der Waals surface area contributed by atoms with Crippen LogP contribution < -0.4 is 0 Å². The van der Waals surface area contributed by atoms with Gasteiger partial charge in [0.05, 0.1) is 0 Å². The first-order chi connectivity index (χ1) is 2.00. The molecule has 0 aromatic heterocycles. The molecule has 0 aromatic carbocycles. The normalized spacial score (nSPS) is 7.50. The molecule has 0 aliphatic heterocycles. The average Bonchev–Trinajstić information content (AvgIpc) is 0.722. The molecule has 0 saturated carbocycles. The minimum atomic E-state index is -4.42. The third kappa shape index (κ3) is 610. The molecular formula is CH4CuF3N2S-2. The van der Waals surface area contributed by atoms with Crippen molar-refractivity contribution in [1.29, 1.82) is 0 Å². The molecule has 0 bridgehead atoms. The predicted octanol–water partition coefficient (Wildman–Crippen LogP) is 2.48. The van der Waals surface area contributed by atoms with Crippen LogP contribution in [0.4, 0.5) is 13.2 Å². The van der Waals surface area contributed by atoms with E-state index in [4.69, 9.17) is 0 Å². The van der Waals surface area contributed by atoms with Crippen LogP contribution in [0.2, 0.25) is 0 Å². The van der Waals surface area contributed by atoms with Crippen LogP contribution >= 0.6 is 0 Å². The summed E-state index contributed by atoms with van der Waals surface area (Å²) < 4.78 is 30.5. The van der Waals surface area contributed by atoms with Gasteiger partial charge in [0, 0.05) is 0 Å². The zero-order valence-corrected chi connectivity index (χ0v) is 5.26. The summed E-state index contributed by atoms with van der Waals surface area (Å²) in [7, 11) is 0. The molecule has 0 aromatic rings. The topological polar surface area (TPSA) is 67.0 Å². The second-order valence-electron chi connectivity index (χ2n) is 0.446. The molecule has 58 valence electrons. The smallest absolute Gasteiger partial charge is 0.693 e. The summed E-state index contributed by atoms with van der Waals surface area (Å²) in [6.45, 7) is 0. The van der Waals surface area contributed by atoms with Gasteiger partial charge in [-0.05, 0) is 0 Å². The second kappa shape index (κ2) is 7.58. The Morgan fingerprint density at radius 2 is 1.00 bits per heavy atom. The van der Waals surface area contributed by atoms with E-state index in [-0.39, 0.29) is 29.4 Å². The van der Waals surface area contributed by atoms with Crippen molar-refractivity contribution < 1.29 is 30.2 Å². The van der Waals surface area contributed by atoms with Crippen molar-refractivity contribution in [2.24, 2.45) is 0 Å². The molecule has 0 saturated heterocycles. The Labute approximate surface area is 61.3 Å². The summed E-state index contributed by atoms with van der Waals surface area (Å²) in [6.07, 6.45) is 0. The van der Waals surface area contributed by atoms with Crippen LogP contribution in [0.25, 0.3) is 12.3 Å². The molecule has 8 heavy (non-hydrogen) atoms. The van der Waals surface area contributed by atoms with Crippen molar-refractivity contribution in [3.63, 3.8) is 0 Å². The first kappa shape index (κ1) is 23.5. The van der Waals surface area contributed by atoms with Crippen LogP contribution in [0, 0.1) is 0 Å². The minimum Gasteiger partial charge on any atom is -0.693 e. The van der Waals surface area contributed by atoms with E-state index < -0.39 is 5.51 Å². The van der Waals surface area contributed by atoms with Crippen molar-refractivity contribution >= 4 is 12.6 Å². The zero-order valence-electron chi connectivity index (χ0n) is 3.50. The number of nitrogens with two attached hydrogens (primary N) is 2. The van der Waals surface area contributed by atoms with Crippen molar-refractivity contribution in [2.45, 2.75) is 5.51 Å². The van der Waals surface area contributed by atoms with Gasteiger partial charge < -0.3 is 24.9 Å². The Hall–Kier alpha value is 0.579. The molecular weight excluding hydrogens is 193 g/mol. The van der Waals surface area contributed by atoms with E-state index in [0.29, 0.717) is 0 Å². The molecule has 0 spiro atoms. The molecule has 0 aliphatic rings. The van der Waals surface area contributed by atoms with Gasteiger partial charge in [-0.15, -0.1) is 0 Å². The Morgan fingerprint density at radius 3 is 1.00 bits per heavy atom. The first-order valence-corrected chi connectivity index (χ1v) is 1.18. The first-order valence-electron chi connectivity index (χ1n) is 0.771. The molecule has 0 radical (unpaired) electrons. The molecule has 0 atom stereocenters. The van der Waals surface area contributed by atoms with E-state index in [2.05, 4.69) is 12.6 Å². The number of halogens is 3. The summed E-state index contributed by atoms with van der Waals surface area (Å²) >= 11 is 2.83. The van der Waals surface area contributed by atoms with Gasteiger partial charge in [-0.3, -0.25) is 0 Å².